The third-order valence-corrected chi connectivity index (χ3v) is 4.91. The number of unbranched alkanes of at least 4 members (excludes halogenated alkanes) is 1. The van der Waals surface area contributed by atoms with Gasteiger partial charge in [0.1, 0.15) is 5.75 Å². The summed E-state index contributed by atoms with van der Waals surface area (Å²) in [5.74, 6) is 0.187. The molecule has 0 bridgehead atoms. The van der Waals surface area contributed by atoms with Crippen LogP contribution in [0.3, 0.4) is 0 Å². The van der Waals surface area contributed by atoms with Crippen molar-refractivity contribution in [2.45, 2.75) is 12.8 Å². The highest BCUT2D eigenvalue weighted by molar-refractivity contribution is 7.24. The number of rotatable bonds is 7. The number of benzene rings is 2. The van der Waals surface area contributed by atoms with Gasteiger partial charge in [-0.3, -0.25) is 4.79 Å². The first-order chi connectivity index (χ1) is 12.2. The summed E-state index contributed by atoms with van der Waals surface area (Å²) in [5, 5.41) is 1.34. The number of ether oxygens (including phenoxy) is 2. The molecule has 0 aliphatic rings. The van der Waals surface area contributed by atoms with E-state index in [9.17, 15) is 9.59 Å². The van der Waals surface area contributed by atoms with Crippen molar-refractivity contribution in [2.75, 3.05) is 13.2 Å². The topological polar surface area (TPSA) is 52.6 Å². The molecule has 2 aromatic carbocycles. The zero-order valence-corrected chi connectivity index (χ0v) is 14.5. The van der Waals surface area contributed by atoms with Crippen molar-refractivity contribution in [2.24, 2.45) is 0 Å². The van der Waals surface area contributed by atoms with Gasteiger partial charge in [-0.2, -0.15) is 0 Å². The van der Waals surface area contributed by atoms with E-state index < -0.39 is 5.97 Å². The van der Waals surface area contributed by atoms with Gasteiger partial charge in [0.2, 0.25) is 0 Å². The lowest BCUT2D eigenvalue weighted by atomic mass is 10.1. The molecule has 0 atom stereocenters. The fourth-order valence-electron chi connectivity index (χ4n) is 2.55. The summed E-state index contributed by atoms with van der Waals surface area (Å²) in [5.41, 5.74) is -0.000127. The van der Waals surface area contributed by atoms with Crippen LogP contribution in [0, 0.1) is 0 Å². The second-order valence-corrected chi connectivity index (χ2v) is 6.57. The summed E-state index contributed by atoms with van der Waals surface area (Å²) in [6.45, 7) is 4.14. The van der Waals surface area contributed by atoms with Crippen LogP contribution in [-0.2, 0) is 9.53 Å². The first-order valence-corrected chi connectivity index (χ1v) is 8.89. The molecule has 25 heavy (non-hydrogen) atoms. The smallest absolute Gasteiger partial charge is 0.330 e. The first-order valence-electron chi connectivity index (χ1n) is 8.07. The molecule has 128 valence electrons. The largest absolute Gasteiger partial charge is 0.493 e. The van der Waals surface area contributed by atoms with Crippen molar-refractivity contribution in [3.05, 3.63) is 65.3 Å². The van der Waals surface area contributed by atoms with Gasteiger partial charge >= 0.3 is 5.97 Å². The predicted molar refractivity (Wildman–Crippen MR) is 101 cm³/mol. The van der Waals surface area contributed by atoms with Gasteiger partial charge < -0.3 is 9.47 Å². The Hall–Kier alpha value is -2.66. The second-order valence-electron chi connectivity index (χ2n) is 5.48. The predicted octanol–water partition coefficient (Wildman–Crippen LogP) is 4.30. The highest BCUT2D eigenvalue weighted by Crippen LogP contribution is 2.30. The molecule has 3 rings (SSSR count). The minimum Gasteiger partial charge on any atom is -0.493 e. The van der Waals surface area contributed by atoms with E-state index in [1.165, 1.54) is 0 Å². The summed E-state index contributed by atoms with van der Waals surface area (Å²) in [6, 6.07) is 13.3. The molecule has 0 fully saturated rings. The number of hydrogen-bond donors (Lipinski definition) is 0. The molecule has 0 saturated heterocycles. The highest BCUT2D eigenvalue weighted by atomic mass is 32.1. The molecule has 0 aliphatic carbocycles. The van der Waals surface area contributed by atoms with Crippen molar-refractivity contribution in [1.82, 2.24) is 0 Å². The van der Waals surface area contributed by atoms with Crippen LogP contribution >= 0.6 is 11.3 Å². The fourth-order valence-corrected chi connectivity index (χ4v) is 3.65. The van der Waals surface area contributed by atoms with E-state index in [4.69, 9.17) is 9.47 Å². The molecule has 0 N–H and O–H groups in total. The van der Waals surface area contributed by atoms with Crippen molar-refractivity contribution >= 4 is 37.5 Å². The number of carbonyl (C=O) groups excluding carboxylic acids is 1. The maximum atomic E-state index is 12.8. The Kier molecular flexibility index (Phi) is 5.46. The molecular formula is C20H18O4S. The van der Waals surface area contributed by atoms with E-state index in [1.807, 2.05) is 42.5 Å². The molecule has 0 amide bonds. The quantitative estimate of drug-likeness (QED) is 0.275. The van der Waals surface area contributed by atoms with Gasteiger partial charge in [-0.15, -0.1) is 11.3 Å². The number of fused-ring (bicyclic) bond motifs is 2. The van der Waals surface area contributed by atoms with Crippen molar-refractivity contribution < 1.29 is 14.3 Å². The van der Waals surface area contributed by atoms with Crippen LogP contribution in [0.2, 0.25) is 0 Å². The molecule has 4 nitrogen and oxygen atoms in total. The van der Waals surface area contributed by atoms with Crippen LogP contribution in [0.1, 0.15) is 12.8 Å². The average molecular weight is 354 g/mol. The second kappa shape index (κ2) is 7.94. The van der Waals surface area contributed by atoms with E-state index >= 15 is 0 Å². The summed E-state index contributed by atoms with van der Waals surface area (Å²) in [7, 11) is 0. The Morgan fingerprint density at radius 2 is 1.80 bits per heavy atom. The first kappa shape index (κ1) is 17.2. The molecule has 0 saturated carbocycles. The van der Waals surface area contributed by atoms with Gasteiger partial charge in [0.15, 0.2) is 5.43 Å². The highest BCUT2D eigenvalue weighted by Gasteiger charge is 2.10. The number of carbonyl (C=O) groups is 1. The minimum absolute atomic E-state index is 0.000127. The Morgan fingerprint density at radius 3 is 2.64 bits per heavy atom. The zero-order valence-electron chi connectivity index (χ0n) is 13.7. The Bertz CT molecular complexity index is 974. The molecule has 0 spiro atoms. The van der Waals surface area contributed by atoms with Crippen LogP contribution < -0.4 is 10.2 Å². The van der Waals surface area contributed by atoms with Gasteiger partial charge in [0, 0.05) is 20.9 Å². The monoisotopic (exact) mass is 354 g/mol. The Labute approximate surface area is 149 Å². The molecular weight excluding hydrogens is 336 g/mol. The minimum atomic E-state index is -0.417. The SMILES string of the molecule is C=CC(=O)OCCCCOc1cccc2sc3ccccc3c(=O)c12. The summed E-state index contributed by atoms with van der Waals surface area (Å²) in [6.07, 6.45) is 2.57. The van der Waals surface area contributed by atoms with Gasteiger partial charge in [0.25, 0.3) is 0 Å². The third kappa shape index (κ3) is 3.88. The van der Waals surface area contributed by atoms with Crippen LogP contribution in [0.25, 0.3) is 20.2 Å². The standard InChI is InChI=1S/C20H18O4S/c1-2-18(21)24-13-6-5-12-23-15-9-7-11-17-19(15)20(22)14-8-3-4-10-16(14)25-17/h2-4,7-11H,1,5-6,12-13H2. The lowest BCUT2D eigenvalue weighted by molar-refractivity contribution is -0.137. The maximum Gasteiger partial charge on any atom is 0.330 e. The van der Waals surface area contributed by atoms with Gasteiger partial charge in [-0.25, -0.2) is 4.79 Å². The maximum absolute atomic E-state index is 12.8. The van der Waals surface area contributed by atoms with Crippen LogP contribution in [0.4, 0.5) is 0 Å². The van der Waals surface area contributed by atoms with E-state index in [-0.39, 0.29) is 5.43 Å². The third-order valence-electron chi connectivity index (χ3n) is 3.77. The summed E-state index contributed by atoms with van der Waals surface area (Å²) in [4.78, 5) is 23.8. The van der Waals surface area contributed by atoms with E-state index in [2.05, 4.69) is 6.58 Å². The molecule has 3 aromatic rings. The van der Waals surface area contributed by atoms with Crippen LogP contribution in [0.5, 0.6) is 5.75 Å². The Balaban J connectivity index is 1.74. The van der Waals surface area contributed by atoms with Gasteiger partial charge in [-0.1, -0.05) is 24.8 Å². The average Bonchev–Trinajstić information content (AvgIpc) is 2.64. The summed E-state index contributed by atoms with van der Waals surface area (Å²) < 4.78 is 12.6. The lowest BCUT2D eigenvalue weighted by Crippen LogP contribution is -2.07. The number of esters is 1. The fraction of sp³-hybridized carbons (Fsp3) is 0.200. The van der Waals surface area contributed by atoms with Crippen molar-refractivity contribution in [3.63, 3.8) is 0 Å². The van der Waals surface area contributed by atoms with Crippen molar-refractivity contribution in [1.29, 1.82) is 0 Å². The van der Waals surface area contributed by atoms with E-state index in [1.54, 1.807) is 11.3 Å². The molecule has 1 aromatic heterocycles. The zero-order chi connectivity index (χ0) is 17.6. The van der Waals surface area contributed by atoms with Crippen molar-refractivity contribution in [3.8, 4) is 5.75 Å². The Morgan fingerprint density at radius 1 is 1.04 bits per heavy atom. The lowest BCUT2D eigenvalue weighted by Gasteiger charge is -2.09. The normalized spacial score (nSPS) is 10.7. The molecule has 5 heteroatoms. The van der Waals surface area contributed by atoms with Crippen LogP contribution in [0.15, 0.2) is 59.9 Å². The summed E-state index contributed by atoms with van der Waals surface area (Å²) >= 11 is 1.59. The van der Waals surface area contributed by atoms with E-state index in [0.717, 1.165) is 21.9 Å². The van der Waals surface area contributed by atoms with Gasteiger partial charge in [-0.05, 0) is 37.1 Å². The van der Waals surface area contributed by atoms with Crippen LogP contribution in [-0.4, -0.2) is 19.2 Å². The molecule has 1 heterocycles. The van der Waals surface area contributed by atoms with Gasteiger partial charge in [0.05, 0.1) is 18.6 Å². The van der Waals surface area contributed by atoms with E-state index in [0.29, 0.717) is 36.2 Å². The number of hydrogen-bond acceptors (Lipinski definition) is 5. The molecule has 0 radical (unpaired) electrons. The molecule has 0 unspecified atom stereocenters. The molecule has 0 aliphatic heterocycles.